The highest BCUT2D eigenvalue weighted by molar-refractivity contribution is 5.71. The van der Waals surface area contributed by atoms with Gasteiger partial charge in [-0.15, -0.1) is 0 Å². The number of esters is 3. The van der Waals surface area contributed by atoms with Crippen LogP contribution >= 0.6 is 0 Å². The molecule has 0 spiro atoms. The quantitative estimate of drug-likeness (QED) is 0.0262. The lowest BCUT2D eigenvalue weighted by Crippen LogP contribution is -2.30. The molecule has 398 valence electrons. The molecule has 0 N–H and O–H groups in total. The van der Waals surface area contributed by atoms with Gasteiger partial charge in [-0.05, 0) is 122 Å². The molecular formula is C65H102O6. The van der Waals surface area contributed by atoms with Crippen molar-refractivity contribution in [1.82, 2.24) is 0 Å². The molecule has 1 atom stereocenters. The van der Waals surface area contributed by atoms with E-state index in [1.165, 1.54) is 77.0 Å². The molecule has 0 aromatic rings. The summed E-state index contributed by atoms with van der Waals surface area (Å²) in [7, 11) is 0. The maximum Gasteiger partial charge on any atom is 0.306 e. The zero-order chi connectivity index (χ0) is 51.4. The Morgan fingerprint density at radius 2 is 0.592 bits per heavy atom. The van der Waals surface area contributed by atoms with Gasteiger partial charge in [0.05, 0.1) is 0 Å². The number of carbonyl (C=O) groups excluding carboxylic acids is 3. The van der Waals surface area contributed by atoms with Crippen LogP contribution in [0.4, 0.5) is 0 Å². The molecule has 0 radical (unpaired) electrons. The molecule has 0 aromatic carbocycles. The summed E-state index contributed by atoms with van der Waals surface area (Å²) in [6.07, 6.45) is 82.8. The first kappa shape index (κ1) is 66.3. The fourth-order valence-corrected chi connectivity index (χ4v) is 7.14. The SMILES string of the molecule is CC/C=C/C/C=C/C/C=C/C/C=C/C/C=C/C/C=C/CCC(=O)OC[C@@H](COC(=O)CCCCCCCCC/C=C/CCCCCCCC)OC(=O)CCC/C=C/C/C=C/C/C=C/C/C=C/C/C=C/CC. The summed E-state index contributed by atoms with van der Waals surface area (Å²) in [4.78, 5) is 38.1. The first-order valence-electron chi connectivity index (χ1n) is 28.3. The van der Waals surface area contributed by atoms with Gasteiger partial charge in [0.2, 0.25) is 0 Å². The van der Waals surface area contributed by atoms with Gasteiger partial charge in [-0.2, -0.15) is 0 Å². The minimum Gasteiger partial charge on any atom is -0.462 e. The summed E-state index contributed by atoms with van der Waals surface area (Å²) in [5.74, 6) is -1.09. The Bertz CT molecular complexity index is 1590. The predicted octanol–water partition coefficient (Wildman–Crippen LogP) is 19.2. The average Bonchev–Trinajstić information content (AvgIpc) is 3.37. The van der Waals surface area contributed by atoms with E-state index in [1.54, 1.807) is 0 Å². The van der Waals surface area contributed by atoms with Gasteiger partial charge in [0, 0.05) is 19.3 Å². The van der Waals surface area contributed by atoms with Crippen molar-refractivity contribution >= 4 is 17.9 Å². The van der Waals surface area contributed by atoms with Crippen LogP contribution in [0.2, 0.25) is 0 Å². The van der Waals surface area contributed by atoms with Crippen LogP contribution in [-0.4, -0.2) is 37.2 Å². The Labute approximate surface area is 436 Å². The predicted molar refractivity (Wildman–Crippen MR) is 306 cm³/mol. The van der Waals surface area contributed by atoms with E-state index in [0.29, 0.717) is 19.3 Å². The molecule has 0 saturated carbocycles. The number of carbonyl (C=O) groups is 3. The lowest BCUT2D eigenvalue weighted by Gasteiger charge is -2.18. The van der Waals surface area contributed by atoms with Crippen molar-refractivity contribution in [1.29, 1.82) is 0 Å². The summed E-state index contributed by atoms with van der Waals surface area (Å²) in [6, 6.07) is 0. The molecule has 71 heavy (non-hydrogen) atoms. The third kappa shape index (κ3) is 56.1. The third-order valence-electron chi connectivity index (χ3n) is 11.3. The molecule has 0 heterocycles. The Balaban J connectivity index is 4.62. The number of unbranched alkanes of at least 4 members (excludes halogenated alkanes) is 14. The number of ether oxygens (including phenoxy) is 3. The molecule has 6 nitrogen and oxygen atoms in total. The van der Waals surface area contributed by atoms with Gasteiger partial charge in [-0.25, -0.2) is 0 Å². The maximum atomic E-state index is 12.8. The average molecular weight is 980 g/mol. The van der Waals surface area contributed by atoms with Crippen LogP contribution < -0.4 is 0 Å². The second kappa shape index (κ2) is 57.9. The number of allylic oxidation sites excluding steroid dienone is 24. The van der Waals surface area contributed by atoms with E-state index < -0.39 is 12.1 Å². The van der Waals surface area contributed by atoms with Gasteiger partial charge in [-0.3, -0.25) is 14.4 Å². The summed E-state index contributed by atoms with van der Waals surface area (Å²) in [5.41, 5.74) is 0. The zero-order valence-electron chi connectivity index (χ0n) is 45.4. The first-order valence-corrected chi connectivity index (χ1v) is 28.3. The van der Waals surface area contributed by atoms with E-state index in [0.717, 1.165) is 96.3 Å². The van der Waals surface area contributed by atoms with Gasteiger partial charge in [0.15, 0.2) is 6.10 Å². The topological polar surface area (TPSA) is 78.9 Å². The minimum absolute atomic E-state index is 0.132. The lowest BCUT2D eigenvalue weighted by molar-refractivity contribution is -0.166. The Morgan fingerprint density at radius 3 is 1.00 bits per heavy atom. The normalized spacial score (nSPS) is 13.2. The number of hydrogen-bond acceptors (Lipinski definition) is 6. The second-order valence-corrected chi connectivity index (χ2v) is 18.1. The van der Waals surface area contributed by atoms with Crippen molar-refractivity contribution in [2.75, 3.05) is 13.2 Å². The van der Waals surface area contributed by atoms with E-state index in [4.69, 9.17) is 14.2 Å². The van der Waals surface area contributed by atoms with E-state index in [2.05, 4.69) is 154 Å². The fraction of sp³-hybridized carbons (Fsp3) is 0.585. The zero-order valence-corrected chi connectivity index (χ0v) is 45.4. The van der Waals surface area contributed by atoms with Crippen molar-refractivity contribution < 1.29 is 28.6 Å². The van der Waals surface area contributed by atoms with Gasteiger partial charge in [0.25, 0.3) is 0 Å². The van der Waals surface area contributed by atoms with Crippen LogP contribution in [0.5, 0.6) is 0 Å². The Morgan fingerprint density at radius 1 is 0.296 bits per heavy atom. The van der Waals surface area contributed by atoms with Crippen molar-refractivity contribution in [3.8, 4) is 0 Å². The molecule has 0 aromatic heterocycles. The summed E-state index contributed by atoms with van der Waals surface area (Å²) >= 11 is 0. The van der Waals surface area contributed by atoms with Crippen LogP contribution in [0, 0.1) is 0 Å². The molecule has 0 saturated heterocycles. The van der Waals surface area contributed by atoms with E-state index in [9.17, 15) is 14.4 Å². The third-order valence-corrected chi connectivity index (χ3v) is 11.3. The van der Waals surface area contributed by atoms with Gasteiger partial charge >= 0.3 is 17.9 Å². The van der Waals surface area contributed by atoms with Crippen LogP contribution in [0.1, 0.15) is 226 Å². The maximum absolute atomic E-state index is 12.8. The smallest absolute Gasteiger partial charge is 0.306 e. The van der Waals surface area contributed by atoms with Crippen molar-refractivity contribution in [2.24, 2.45) is 0 Å². The van der Waals surface area contributed by atoms with Crippen LogP contribution in [0.3, 0.4) is 0 Å². The van der Waals surface area contributed by atoms with Gasteiger partial charge in [-0.1, -0.05) is 231 Å². The number of rotatable bonds is 49. The minimum atomic E-state index is -0.847. The molecule has 0 amide bonds. The first-order chi connectivity index (χ1) is 35.0. The van der Waals surface area contributed by atoms with E-state index in [-0.39, 0.29) is 38.0 Å². The highest BCUT2D eigenvalue weighted by atomic mass is 16.6. The van der Waals surface area contributed by atoms with Gasteiger partial charge in [0.1, 0.15) is 13.2 Å². The van der Waals surface area contributed by atoms with Crippen LogP contribution in [0.25, 0.3) is 0 Å². The molecule has 0 aliphatic heterocycles. The lowest BCUT2D eigenvalue weighted by atomic mass is 10.1. The molecule has 0 bridgehead atoms. The Kier molecular flexibility index (Phi) is 54.0. The van der Waals surface area contributed by atoms with Crippen molar-refractivity contribution in [3.05, 3.63) is 146 Å². The molecule has 6 heteroatoms. The summed E-state index contributed by atoms with van der Waals surface area (Å²) in [5, 5.41) is 0. The molecular weight excluding hydrogens is 877 g/mol. The van der Waals surface area contributed by atoms with E-state index >= 15 is 0 Å². The van der Waals surface area contributed by atoms with Crippen LogP contribution in [-0.2, 0) is 28.6 Å². The Hall–Kier alpha value is -4.71. The van der Waals surface area contributed by atoms with Gasteiger partial charge < -0.3 is 14.2 Å². The molecule has 0 aliphatic rings. The van der Waals surface area contributed by atoms with E-state index in [1.807, 2.05) is 12.2 Å². The second-order valence-electron chi connectivity index (χ2n) is 18.1. The number of hydrogen-bond donors (Lipinski definition) is 0. The largest absolute Gasteiger partial charge is 0.462 e. The standard InChI is InChI=1S/C65H102O6/c1-4-7-10-13-16-19-22-25-28-31-32-35-37-40-43-46-49-52-55-58-64(67)70-61-62(71-65(68)59-56-53-50-47-44-41-38-34-30-27-24-21-18-15-12-9-6-3)60-69-63(66)57-54-51-48-45-42-39-36-33-29-26-23-20-17-14-11-8-5-2/h7,9-10,12,16,18-19,21,25-30,32,35,38,40-41,43,47,49-50,52,62H,4-6,8,11,13-15,17,20,22-24,31,33-34,36-37,39,42,44-46,48,51,53-61H2,1-3H3/b10-7+,12-9+,19-16+,21-18+,28-25+,29-26+,30-27+,35-32+,41-38+,43-40+,50-47+,52-49+/t62-/m1/s1. The highest BCUT2D eigenvalue weighted by Crippen LogP contribution is 2.13. The highest BCUT2D eigenvalue weighted by Gasteiger charge is 2.19. The monoisotopic (exact) mass is 979 g/mol. The van der Waals surface area contributed by atoms with Crippen LogP contribution in [0.15, 0.2) is 146 Å². The molecule has 0 fully saturated rings. The summed E-state index contributed by atoms with van der Waals surface area (Å²) in [6.45, 7) is 6.28. The summed E-state index contributed by atoms with van der Waals surface area (Å²) < 4.78 is 16.7. The van der Waals surface area contributed by atoms with Crippen molar-refractivity contribution in [2.45, 2.75) is 232 Å². The molecule has 0 rings (SSSR count). The molecule has 0 unspecified atom stereocenters. The van der Waals surface area contributed by atoms with Crippen molar-refractivity contribution in [3.63, 3.8) is 0 Å². The molecule has 0 aliphatic carbocycles. The fourth-order valence-electron chi connectivity index (χ4n) is 7.14.